The third-order valence-corrected chi connectivity index (χ3v) is 3.55. The van der Waals surface area contributed by atoms with Gasteiger partial charge in [-0.3, -0.25) is 4.79 Å². The minimum atomic E-state index is 0.0428. The van der Waals surface area contributed by atoms with Gasteiger partial charge in [0, 0.05) is 34.6 Å². The molecule has 4 nitrogen and oxygen atoms in total. The number of hydrogen-bond acceptors (Lipinski definition) is 3. The fraction of sp³-hybridized carbons (Fsp3) is 0.235. The Morgan fingerprint density at radius 3 is 2.95 bits per heavy atom. The summed E-state index contributed by atoms with van der Waals surface area (Å²) < 4.78 is 10.7. The number of ether oxygens (including phenoxy) is 1. The van der Waals surface area contributed by atoms with Gasteiger partial charge in [-0.05, 0) is 30.7 Å². The van der Waals surface area contributed by atoms with E-state index in [1.54, 1.807) is 19.4 Å². The highest BCUT2D eigenvalue weighted by Gasteiger charge is 2.14. The molecule has 0 amide bonds. The van der Waals surface area contributed by atoms with Crippen molar-refractivity contribution in [3.63, 3.8) is 0 Å². The number of H-pyrrole nitrogens is 1. The Labute approximate surface area is 122 Å². The number of benzene rings is 1. The molecule has 0 atom stereocenters. The van der Waals surface area contributed by atoms with Gasteiger partial charge >= 0.3 is 0 Å². The number of rotatable bonds is 5. The second kappa shape index (κ2) is 5.48. The summed E-state index contributed by atoms with van der Waals surface area (Å²) >= 11 is 0. The van der Waals surface area contributed by atoms with Gasteiger partial charge in [0.05, 0.1) is 13.4 Å². The molecule has 0 spiro atoms. The largest absolute Gasteiger partial charge is 0.497 e. The molecule has 0 aliphatic rings. The second-order valence-electron chi connectivity index (χ2n) is 4.99. The summed E-state index contributed by atoms with van der Waals surface area (Å²) in [5.74, 6) is 1.26. The molecule has 0 aliphatic carbocycles. The zero-order valence-corrected chi connectivity index (χ0v) is 12.1. The van der Waals surface area contributed by atoms with Gasteiger partial charge in [0.15, 0.2) is 11.5 Å². The Hall–Kier alpha value is -2.49. The van der Waals surface area contributed by atoms with Gasteiger partial charge in [-0.2, -0.15) is 0 Å². The quantitative estimate of drug-likeness (QED) is 0.705. The number of methoxy groups -OCH3 is 1. The summed E-state index contributed by atoms with van der Waals surface area (Å²) in [5, 5.41) is 1.05. The molecule has 0 unspecified atom stereocenters. The molecule has 0 fully saturated rings. The molecule has 0 aliphatic heterocycles. The SMILES string of the molecule is CCCC(=O)c1cc(-c2c[nH]c3ccc(OC)cc23)co1. The topological polar surface area (TPSA) is 55.2 Å². The summed E-state index contributed by atoms with van der Waals surface area (Å²) in [5.41, 5.74) is 2.92. The van der Waals surface area contributed by atoms with Crippen molar-refractivity contribution in [2.75, 3.05) is 7.11 Å². The van der Waals surface area contributed by atoms with Gasteiger partial charge in [-0.25, -0.2) is 0 Å². The van der Waals surface area contributed by atoms with Crippen LogP contribution in [0.4, 0.5) is 0 Å². The van der Waals surface area contributed by atoms with Crippen LogP contribution >= 0.6 is 0 Å². The van der Waals surface area contributed by atoms with Crippen molar-refractivity contribution >= 4 is 16.7 Å². The van der Waals surface area contributed by atoms with E-state index in [1.165, 1.54) is 0 Å². The molecule has 3 rings (SSSR count). The number of aromatic amines is 1. The number of furan rings is 1. The van der Waals surface area contributed by atoms with E-state index in [0.717, 1.165) is 34.2 Å². The number of ketones is 1. The van der Waals surface area contributed by atoms with Crippen LogP contribution in [0, 0.1) is 0 Å². The van der Waals surface area contributed by atoms with Gasteiger partial charge in [0.1, 0.15) is 5.75 Å². The number of carbonyl (C=O) groups excluding carboxylic acids is 1. The maximum atomic E-state index is 11.9. The molecule has 4 heteroatoms. The maximum Gasteiger partial charge on any atom is 0.197 e. The van der Waals surface area contributed by atoms with Crippen LogP contribution < -0.4 is 4.74 Å². The first-order valence-corrected chi connectivity index (χ1v) is 7.00. The van der Waals surface area contributed by atoms with Crippen LogP contribution in [-0.2, 0) is 0 Å². The Bertz CT molecular complexity index is 782. The van der Waals surface area contributed by atoms with Gasteiger partial charge in [-0.1, -0.05) is 6.92 Å². The first-order valence-electron chi connectivity index (χ1n) is 7.00. The monoisotopic (exact) mass is 283 g/mol. The molecule has 1 aromatic carbocycles. The molecule has 2 aromatic heterocycles. The number of Topliss-reactive ketones (excluding diaryl/α,β-unsaturated/α-hetero) is 1. The molecule has 21 heavy (non-hydrogen) atoms. The van der Waals surface area contributed by atoms with E-state index in [-0.39, 0.29) is 5.78 Å². The summed E-state index contributed by atoms with van der Waals surface area (Å²) in [6.45, 7) is 1.98. The number of fused-ring (bicyclic) bond motifs is 1. The van der Waals surface area contributed by atoms with Crippen LogP contribution in [-0.4, -0.2) is 17.9 Å². The van der Waals surface area contributed by atoms with E-state index in [0.29, 0.717) is 12.2 Å². The van der Waals surface area contributed by atoms with Crippen molar-refractivity contribution in [3.8, 4) is 16.9 Å². The number of carbonyl (C=O) groups is 1. The third-order valence-electron chi connectivity index (χ3n) is 3.55. The van der Waals surface area contributed by atoms with Gasteiger partial charge in [-0.15, -0.1) is 0 Å². The first-order chi connectivity index (χ1) is 10.2. The Balaban J connectivity index is 2.02. The predicted octanol–water partition coefficient (Wildman–Crippen LogP) is 4.42. The van der Waals surface area contributed by atoms with E-state index in [2.05, 4.69) is 4.98 Å². The smallest absolute Gasteiger partial charge is 0.197 e. The predicted molar refractivity (Wildman–Crippen MR) is 81.8 cm³/mol. The van der Waals surface area contributed by atoms with E-state index in [1.807, 2.05) is 31.3 Å². The zero-order chi connectivity index (χ0) is 14.8. The fourth-order valence-electron chi connectivity index (χ4n) is 2.44. The van der Waals surface area contributed by atoms with Crippen molar-refractivity contribution in [2.24, 2.45) is 0 Å². The van der Waals surface area contributed by atoms with Crippen LogP contribution in [0.25, 0.3) is 22.0 Å². The van der Waals surface area contributed by atoms with Crippen molar-refractivity contribution in [1.82, 2.24) is 4.98 Å². The zero-order valence-electron chi connectivity index (χ0n) is 12.1. The van der Waals surface area contributed by atoms with Crippen LogP contribution in [0.3, 0.4) is 0 Å². The van der Waals surface area contributed by atoms with E-state index < -0.39 is 0 Å². The average molecular weight is 283 g/mol. The highest BCUT2D eigenvalue weighted by molar-refractivity contribution is 5.99. The molecule has 1 N–H and O–H groups in total. The lowest BCUT2D eigenvalue weighted by molar-refractivity contribution is 0.0955. The molecular weight excluding hydrogens is 266 g/mol. The molecule has 0 saturated heterocycles. The van der Waals surface area contributed by atoms with Crippen molar-refractivity contribution in [3.05, 3.63) is 42.5 Å². The first kappa shape index (κ1) is 13.5. The lowest BCUT2D eigenvalue weighted by Crippen LogP contribution is -1.94. The normalized spacial score (nSPS) is 11.0. The van der Waals surface area contributed by atoms with Gasteiger partial charge < -0.3 is 14.1 Å². The van der Waals surface area contributed by atoms with Gasteiger partial charge in [0.2, 0.25) is 0 Å². The van der Waals surface area contributed by atoms with Crippen molar-refractivity contribution in [1.29, 1.82) is 0 Å². The molecular formula is C17H17NO3. The van der Waals surface area contributed by atoms with Crippen LogP contribution in [0.2, 0.25) is 0 Å². The van der Waals surface area contributed by atoms with E-state index in [4.69, 9.17) is 9.15 Å². The Morgan fingerprint density at radius 2 is 2.19 bits per heavy atom. The van der Waals surface area contributed by atoms with Crippen LogP contribution in [0.5, 0.6) is 5.75 Å². The highest BCUT2D eigenvalue weighted by atomic mass is 16.5. The Kier molecular flexibility index (Phi) is 3.52. The minimum absolute atomic E-state index is 0.0428. The minimum Gasteiger partial charge on any atom is -0.497 e. The number of hydrogen-bond donors (Lipinski definition) is 1. The van der Waals surface area contributed by atoms with E-state index in [9.17, 15) is 4.79 Å². The lowest BCUT2D eigenvalue weighted by Gasteiger charge is -2.00. The van der Waals surface area contributed by atoms with Crippen LogP contribution in [0.1, 0.15) is 30.3 Å². The standard InChI is InChI=1S/C17H17NO3/c1-3-4-16(19)17-7-11(10-21-17)14-9-18-15-6-5-12(20-2)8-13(14)15/h5-10,18H,3-4H2,1-2H3. The summed E-state index contributed by atoms with van der Waals surface area (Å²) in [6, 6.07) is 7.66. The molecule has 0 radical (unpaired) electrons. The average Bonchev–Trinajstić information content (AvgIpc) is 3.13. The Morgan fingerprint density at radius 1 is 1.33 bits per heavy atom. The fourth-order valence-corrected chi connectivity index (χ4v) is 2.44. The van der Waals surface area contributed by atoms with Crippen LogP contribution in [0.15, 0.2) is 41.1 Å². The number of aromatic nitrogens is 1. The molecule has 108 valence electrons. The third kappa shape index (κ3) is 2.44. The van der Waals surface area contributed by atoms with Gasteiger partial charge in [0.25, 0.3) is 0 Å². The molecule has 3 aromatic rings. The molecule has 2 heterocycles. The second-order valence-corrected chi connectivity index (χ2v) is 4.99. The molecule has 0 bridgehead atoms. The van der Waals surface area contributed by atoms with E-state index >= 15 is 0 Å². The molecule has 0 saturated carbocycles. The van der Waals surface area contributed by atoms with Crippen molar-refractivity contribution in [2.45, 2.75) is 19.8 Å². The highest BCUT2D eigenvalue weighted by Crippen LogP contribution is 2.32. The lowest BCUT2D eigenvalue weighted by atomic mass is 10.1. The summed E-state index contributed by atoms with van der Waals surface area (Å²) in [7, 11) is 1.65. The summed E-state index contributed by atoms with van der Waals surface area (Å²) in [6.07, 6.45) is 4.88. The van der Waals surface area contributed by atoms with Crippen molar-refractivity contribution < 1.29 is 13.9 Å². The summed E-state index contributed by atoms with van der Waals surface area (Å²) in [4.78, 5) is 15.1. The maximum absolute atomic E-state index is 11.9. The number of nitrogens with one attached hydrogen (secondary N) is 1.